The second-order valence-corrected chi connectivity index (χ2v) is 8.32. The summed E-state index contributed by atoms with van der Waals surface area (Å²) in [7, 11) is 0. The van der Waals surface area contributed by atoms with E-state index in [2.05, 4.69) is 5.32 Å². The zero-order valence-corrected chi connectivity index (χ0v) is 19.2. The minimum absolute atomic E-state index is 0.0133. The molecule has 6 heteroatoms. The summed E-state index contributed by atoms with van der Waals surface area (Å²) in [5, 5.41) is 3.01. The van der Waals surface area contributed by atoms with Crippen LogP contribution in [-0.2, 0) is 4.79 Å². The van der Waals surface area contributed by atoms with E-state index in [-0.39, 0.29) is 23.6 Å². The first-order valence-electron chi connectivity index (χ1n) is 11.4. The van der Waals surface area contributed by atoms with Gasteiger partial charge in [0.1, 0.15) is 6.04 Å². The standard InChI is InChI=1S/C26H33N3O3/c1-4-28(5-2)26(32)23(27-24(30)21-13-11-19(3)12-14-21)20-15-17-29(18-16-20)25(31)22-9-7-6-8-10-22/h6-14,20,23H,4-5,15-18H2,1-3H3,(H,27,30)/t23-/m1/s1. The number of benzene rings is 2. The molecule has 32 heavy (non-hydrogen) atoms. The van der Waals surface area contributed by atoms with Gasteiger partial charge in [-0.3, -0.25) is 14.4 Å². The van der Waals surface area contributed by atoms with Gasteiger partial charge in [-0.05, 0) is 63.8 Å². The molecule has 1 atom stereocenters. The topological polar surface area (TPSA) is 69.7 Å². The van der Waals surface area contributed by atoms with Crippen molar-refractivity contribution in [3.8, 4) is 0 Å². The van der Waals surface area contributed by atoms with Crippen LogP contribution in [0.5, 0.6) is 0 Å². The average Bonchev–Trinajstić information content (AvgIpc) is 2.83. The fourth-order valence-electron chi connectivity index (χ4n) is 4.24. The summed E-state index contributed by atoms with van der Waals surface area (Å²) in [5.74, 6) is -0.293. The highest BCUT2D eigenvalue weighted by molar-refractivity contribution is 5.98. The number of likely N-dealkylation sites (N-methyl/N-ethyl adjacent to an activating group) is 1. The maximum absolute atomic E-state index is 13.3. The van der Waals surface area contributed by atoms with Crippen LogP contribution >= 0.6 is 0 Å². The largest absolute Gasteiger partial charge is 0.341 e. The Balaban J connectivity index is 1.72. The van der Waals surface area contributed by atoms with E-state index in [4.69, 9.17) is 0 Å². The van der Waals surface area contributed by atoms with Gasteiger partial charge in [0.2, 0.25) is 5.91 Å². The molecule has 2 aromatic carbocycles. The van der Waals surface area contributed by atoms with Crippen molar-refractivity contribution in [2.45, 2.75) is 39.7 Å². The number of hydrogen-bond donors (Lipinski definition) is 1. The molecule has 0 bridgehead atoms. The molecule has 1 aliphatic rings. The maximum atomic E-state index is 13.3. The lowest BCUT2D eigenvalue weighted by molar-refractivity contribution is -0.134. The van der Waals surface area contributed by atoms with E-state index in [0.717, 1.165) is 5.56 Å². The molecule has 0 unspecified atom stereocenters. The van der Waals surface area contributed by atoms with Gasteiger partial charge in [0.15, 0.2) is 0 Å². The smallest absolute Gasteiger partial charge is 0.253 e. The highest BCUT2D eigenvalue weighted by atomic mass is 16.2. The van der Waals surface area contributed by atoms with Crippen LogP contribution in [-0.4, -0.2) is 59.7 Å². The van der Waals surface area contributed by atoms with Crippen molar-refractivity contribution in [1.29, 1.82) is 0 Å². The quantitative estimate of drug-likeness (QED) is 0.724. The molecule has 1 saturated heterocycles. The first-order valence-corrected chi connectivity index (χ1v) is 11.4. The van der Waals surface area contributed by atoms with Gasteiger partial charge in [0.25, 0.3) is 11.8 Å². The minimum Gasteiger partial charge on any atom is -0.341 e. The van der Waals surface area contributed by atoms with Gasteiger partial charge >= 0.3 is 0 Å². The molecule has 3 amide bonds. The molecule has 1 fully saturated rings. The summed E-state index contributed by atoms with van der Waals surface area (Å²) in [6.07, 6.45) is 1.34. The number of carbonyl (C=O) groups excluding carboxylic acids is 3. The molecule has 0 aliphatic carbocycles. The Labute approximate surface area is 190 Å². The average molecular weight is 436 g/mol. The van der Waals surface area contributed by atoms with Crippen molar-refractivity contribution in [1.82, 2.24) is 15.1 Å². The molecule has 6 nitrogen and oxygen atoms in total. The van der Waals surface area contributed by atoms with Gasteiger partial charge in [0.05, 0.1) is 0 Å². The predicted octanol–water partition coefficient (Wildman–Crippen LogP) is 3.51. The third-order valence-corrected chi connectivity index (χ3v) is 6.26. The van der Waals surface area contributed by atoms with E-state index in [1.54, 1.807) is 17.0 Å². The van der Waals surface area contributed by atoms with Crippen molar-refractivity contribution in [2.75, 3.05) is 26.2 Å². The Kier molecular flexibility index (Phi) is 8.03. The highest BCUT2D eigenvalue weighted by Crippen LogP contribution is 2.24. The molecule has 3 rings (SSSR count). The van der Waals surface area contributed by atoms with Crippen molar-refractivity contribution < 1.29 is 14.4 Å². The van der Waals surface area contributed by atoms with Gasteiger partial charge in [-0.2, -0.15) is 0 Å². The normalized spacial score (nSPS) is 15.2. The van der Waals surface area contributed by atoms with Crippen molar-refractivity contribution in [3.05, 3.63) is 71.3 Å². The first-order chi connectivity index (χ1) is 15.4. The molecular formula is C26H33N3O3. The lowest BCUT2D eigenvalue weighted by Crippen LogP contribution is -2.54. The number of hydrogen-bond acceptors (Lipinski definition) is 3. The molecule has 0 aromatic heterocycles. The lowest BCUT2D eigenvalue weighted by Gasteiger charge is -2.37. The van der Waals surface area contributed by atoms with Gasteiger partial charge in [0, 0.05) is 37.3 Å². The number of nitrogens with one attached hydrogen (secondary N) is 1. The lowest BCUT2D eigenvalue weighted by atomic mass is 9.87. The molecule has 0 radical (unpaired) electrons. The second kappa shape index (κ2) is 10.9. The number of amides is 3. The van der Waals surface area contributed by atoms with E-state index in [1.807, 2.05) is 68.1 Å². The Hall–Kier alpha value is -3.15. The Morgan fingerprint density at radius 2 is 1.53 bits per heavy atom. The van der Waals surface area contributed by atoms with Gasteiger partial charge in [-0.1, -0.05) is 35.9 Å². The van der Waals surface area contributed by atoms with Crippen LogP contribution in [0.15, 0.2) is 54.6 Å². The minimum atomic E-state index is -0.599. The molecule has 1 heterocycles. The predicted molar refractivity (Wildman–Crippen MR) is 125 cm³/mol. The highest BCUT2D eigenvalue weighted by Gasteiger charge is 2.35. The van der Waals surface area contributed by atoms with Gasteiger partial charge in [-0.15, -0.1) is 0 Å². The van der Waals surface area contributed by atoms with E-state index in [1.165, 1.54) is 0 Å². The molecule has 1 aliphatic heterocycles. The maximum Gasteiger partial charge on any atom is 0.253 e. The molecular weight excluding hydrogens is 402 g/mol. The van der Waals surface area contributed by atoms with Crippen LogP contribution in [0.4, 0.5) is 0 Å². The summed E-state index contributed by atoms with van der Waals surface area (Å²) >= 11 is 0. The number of piperidine rings is 1. The molecule has 2 aromatic rings. The summed E-state index contributed by atoms with van der Waals surface area (Å²) in [6.45, 7) is 8.19. The van der Waals surface area contributed by atoms with Crippen LogP contribution in [0.3, 0.4) is 0 Å². The Morgan fingerprint density at radius 1 is 0.938 bits per heavy atom. The zero-order valence-electron chi connectivity index (χ0n) is 19.2. The van der Waals surface area contributed by atoms with Crippen molar-refractivity contribution >= 4 is 17.7 Å². The Bertz CT molecular complexity index is 915. The summed E-state index contributed by atoms with van der Waals surface area (Å²) < 4.78 is 0. The fourth-order valence-corrected chi connectivity index (χ4v) is 4.24. The zero-order chi connectivity index (χ0) is 23.1. The van der Waals surface area contributed by atoms with E-state index < -0.39 is 6.04 Å². The fraction of sp³-hybridized carbons (Fsp3) is 0.423. The van der Waals surface area contributed by atoms with Crippen molar-refractivity contribution in [3.63, 3.8) is 0 Å². The van der Waals surface area contributed by atoms with Crippen LogP contribution in [0, 0.1) is 12.8 Å². The van der Waals surface area contributed by atoms with Crippen LogP contribution in [0.25, 0.3) is 0 Å². The van der Waals surface area contributed by atoms with E-state index in [0.29, 0.717) is 50.1 Å². The molecule has 1 N–H and O–H groups in total. The third-order valence-electron chi connectivity index (χ3n) is 6.26. The number of likely N-dealkylation sites (tertiary alicyclic amines) is 1. The number of nitrogens with zero attached hydrogens (tertiary/aromatic N) is 2. The van der Waals surface area contributed by atoms with Crippen LogP contribution < -0.4 is 5.32 Å². The number of carbonyl (C=O) groups is 3. The molecule has 0 saturated carbocycles. The molecule has 0 spiro atoms. The SMILES string of the molecule is CCN(CC)C(=O)[C@H](NC(=O)c1ccc(C)cc1)C1CCN(C(=O)c2ccccc2)CC1. The van der Waals surface area contributed by atoms with Crippen LogP contribution in [0.1, 0.15) is 53.0 Å². The summed E-state index contributed by atoms with van der Waals surface area (Å²) in [6, 6.07) is 16.0. The summed E-state index contributed by atoms with van der Waals surface area (Å²) in [4.78, 5) is 42.6. The first kappa shape index (κ1) is 23.5. The van der Waals surface area contributed by atoms with E-state index >= 15 is 0 Å². The third kappa shape index (κ3) is 5.55. The van der Waals surface area contributed by atoms with E-state index in [9.17, 15) is 14.4 Å². The number of rotatable bonds is 7. The summed E-state index contributed by atoms with van der Waals surface area (Å²) in [5.41, 5.74) is 2.30. The number of aryl methyl sites for hydroxylation is 1. The monoisotopic (exact) mass is 435 g/mol. The Morgan fingerprint density at radius 3 is 2.09 bits per heavy atom. The van der Waals surface area contributed by atoms with Crippen molar-refractivity contribution in [2.24, 2.45) is 5.92 Å². The second-order valence-electron chi connectivity index (χ2n) is 8.32. The van der Waals surface area contributed by atoms with Crippen LogP contribution in [0.2, 0.25) is 0 Å². The van der Waals surface area contributed by atoms with Gasteiger partial charge in [-0.25, -0.2) is 0 Å². The van der Waals surface area contributed by atoms with Gasteiger partial charge < -0.3 is 15.1 Å². The molecule has 170 valence electrons.